The van der Waals surface area contributed by atoms with E-state index in [0.29, 0.717) is 29.3 Å². The van der Waals surface area contributed by atoms with E-state index in [9.17, 15) is 5.11 Å². The molecule has 0 aromatic heterocycles. The van der Waals surface area contributed by atoms with Gasteiger partial charge in [-0.2, -0.15) is 0 Å². The SMILES string of the molecule is COc1cc(Cl)cc(CN(C)C2CCCCC2CN)c1O. The van der Waals surface area contributed by atoms with Gasteiger partial charge in [0.25, 0.3) is 0 Å². The second kappa shape index (κ2) is 7.34. The number of phenolic OH excluding ortho intramolecular Hbond substituents is 1. The Morgan fingerprint density at radius 3 is 2.76 bits per heavy atom. The normalized spacial score (nSPS) is 22.5. The van der Waals surface area contributed by atoms with Crippen LogP contribution in [-0.2, 0) is 6.54 Å². The summed E-state index contributed by atoms with van der Waals surface area (Å²) in [6.45, 7) is 1.36. The van der Waals surface area contributed by atoms with Gasteiger partial charge in [0.15, 0.2) is 11.5 Å². The molecule has 1 aliphatic carbocycles. The third-order valence-corrected chi connectivity index (χ3v) is 4.71. The van der Waals surface area contributed by atoms with Crippen molar-refractivity contribution in [2.75, 3.05) is 20.7 Å². The molecular weight excluding hydrogens is 288 g/mol. The van der Waals surface area contributed by atoms with Crippen molar-refractivity contribution in [3.63, 3.8) is 0 Å². The van der Waals surface area contributed by atoms with Crippen molar-refractivity contribution in [1.82, 2.24) is 4.90 Å². The minimum Gasteiger partial charge on any atom is -0.504 e. The van der Waals surface area contributed by atoms with Crippen LogP contribution in [0.1, 0.15) is 31.2 Å². The van der Waals surface area contributed by atoms with Gasteiger partial charge in [0, 0.05) is 29.2 Å². The molecule has 1 aliphatic rings. The van der Waals surface area contributed by atoms with Crippen LogP contribution < -0.4 is 10.5 Å². The molecule has 2 unspecified atom stereocenters. The van der Waals surface area contributed by atoms with E-state index in [1.54, 1.807) is 12.1 Å². The molecule has 0 heterocycles. The van der Waals surface area contributed by atoms with Gasteiger partial charge in [-0.05, 0) is 38.4 Å². The Hall–Kier alpha value is -0.970. The minimum absolute atomic E-state index is 0.175. The average Bonchev–Trinajstić information content (AvgIpc) is 2.50. The first kappa shape index (κ1) is 16.4. The predicted octanol–water partition coefficient (Wildman–Crippen LogP) is 3.00. The van der Waals surface area contributed by atoms with Gasteiger partial charge in [-0.3, -0.25) is 4.90 Å². The molecule has 0 bridgehead atoms. The van der Waals surface area contributed by atoms with Crippen molar-refractivity contribution in [3.8, 4) is 11.5 Å². The van der Waals surface area contributed by atoms with Crippen LogP contribution in [0, 0.1) is 5.92 Å². The largest absolute Gasteiger partial charge is 0.504 e. The molecule has 0 spiro atoms. The molecule has 21 heavy (non-hydrogen) atoms. The summed E-state index contributed by atoms with van der Waals surface area (Å²) >= 11 is 6.10. The van der Waals surface area contributed by atoms with E-state index in [-0.39, 0.29) is 5.75 Å². The molecule has 4 nitrogen and oxygen atoms in total. The first-order valence-corrected chi connectivity index (χ1v) is 7.90. The quantitative estimate of drug-likeness (QED) is 0.877. The van der Waals surface area contributed by atoms with Crippen molar-refractivity contribution in [2.24, 2.45) is 11.7 Å². The Morgan fingerprint density at radius 1 is 1.38 bits per heavy atom. The topological polar surface area (TPSA) is 58.7 Å². The Bertz CT molecular complexity index is 482. The molecular formula is C16H25ClN2O2. The number of nitrogens with zero attached hydrogens (tertiary/aromatic N) is 1. The van der Waals surface area contributed by atoms with Crippen LogP contribution in [0.2, 0.25) is 5.02 Å². The number of halogens is 1. The fraction of sp³-hybridized carbons (Fsp3) is 0.625. The van der Waals surface area contributed by atoms with E-state index in [2.05, 4.69) is 11.9 Å². The van der Waals surface area contributed by atoms with Gasteiger partial charge in [-0.25, -0.2) is 0 Å². The van der Waals surface area contributed by atoms with Gasteiger partial charge in [0.05, 0.1) is 7.11 Å². The van der Waals surface area contributed by atoms with E-state index < -0.39 is 0 Å². The fourth-order valence-electron chi connectivity index (χ4n) is 3.33. The van der Waals surface area contributed by atoms with Crippen molar-refractivity contribution >= 4 is 11.6 Å². The van der Waals surface area contributed by atoms with E-state index >= 15 is 0 Å². The van der Waals surface area contributed by atoms with Gasteiger partial charge >= 0.3 is 0 Å². The molecule has 1 fully saturated rings. The molecule has 5 heteroatoms. The van der Waals surface area contributed by atoms with Gasteiger partial charge in [0.1, 0.15) is 0 Å². The molecule has 3 N–H and O–H groups in total. The smallest absolute Gasteiger partial charge is 0.162 e. The minimum atomic E-state index is 0.175. The van der Waals surface area contributed by atoms with Crippen molar-refractivity contribution in [3.05, 3.63) is 22.7 Å². The lowest BCUT2D eigenvalue weighted by Crippen LogP contribution is -2.42. The molecule has 0 amide bonds. The van der Waals surface area contributed by atoms with Crippen molar-refractivity contribution in [2.45, 2.75) is 38.3 Å². The highest BCUT2D eigenvalue weighted by atomic mass is 35.5. The van der Waals surface area contributed by atoms with Gasteiger partial charge < -0.3 is 15.6 Å². The molecule has 1 saturated carbocycles. The molecule has 118 valence electrons. The molecule has 2 atom stereocenters. The maximum atomic E-state index is 10.2. The maximum absolute atomic E-state index is 10.2. The number of hydrogen-bond acceptors (Lipinski definition) is 4. The second-order valence-corrected chi connectivity index (χ2v) is 6.31. The number of aromatic hydroxyl groups is 1. The lowest BCUT2D eigenvalue weighted by atomic mass is 9.83. The summed E-state index contributed by atoms with van der Waals surface area (Å²) < 4.78 is 5.16. The van der Waals surface area contributed by atoms with Gasteiger partial charge in [0.2, 0.25) is 0 Å². The van der Waals surface area contributed by atoms with E-state index in [4.69, 9.17) is 22.1 Å². The number of nitrogens with two attached hydrogens (primary N) is 1. The van der Waals surface area contributed by atoms with Crippen LogP contribution >= 0.6 is 11.6 Å². The predicted molar refractivity (Wildman–Crippen MR) is 85.9 cm³/mol. The number of rotatable bonds is 5. The Kier molecular flexibility index (Phi) is 5.73. The number of phenols is 1. The number of benzene rings is 1. The first-order chi connectivity index (χ1) is 10.1. The third kappa shape index (κ3) is 3.82. The summed E-state index contributed by atoms with van der Waals surface area (Å²) in [4.78, 5) is 2.28. The zero-order valence-electron chi connectivity index (χ0n) is 12.8. The Balaban J connectivity index is 2.15. The third-order valence-electron chi connectivity index (χ3n) is 4.50. The first-order valence-electron chi connectivity index (χ1n) is 7.52. The molecule has 0 saturated heterocycles. The van der Waals surface area contributed by atoms with E-state index in [1.807, 2.05) is 0 Å². The molecule has 0 aliphatic heterocycles. The summed E-state index contributed by atoms with van der Waals surface area (Å²) in [5.74, 6) is 1.13. The zero-order valence-corrected chi connectivity index (χ0v) is 13.6. The summed E-state index contributed by atoms with van der Waals surface area (Å²) in [6.07, 6.45) is 4.87. The highest BCUT2D eigenvalue weighted by molar-refractivity contribution is 6.30. The molecule has 1 aromatic rings. The van der Waals surface area contributed by atoms with Crippen molar-refractivity contribution < 1.29 is 9.84 Å². The number of hydrogen-bond donors (Lipinski definition) is 2. The average molecular weight is 313 g/mol. The maximum Gasteiger partial charge on any atom is 0.162 e. The van der Waals surface area contributed by atoms with Crippen molar-refractivity contribution in [1.29, 1.82) is 0 Å². The Morgan fingerprint density at radius 2 is 2.10 bits per heavy atom. The lowest BCUT2D eigenvalue weighted by Gasteiger charge is -2.37. The highest BCUT2D eigenvalue weighted by Gasteiger charge is 2.27. The van der Waals surface area contributed by atoms with Crippen LogP contribution in [0.4, 0.5) is 0 Å². The Labute approximate surface area is 131 Å². The monoisotopic (exact) mass is 312 g/mol. The number of methoxy groups -OCH3 is 1. The fourth-order valence-corrected chi connectivity index (χ4v) is 3.56. The van der Waals surface area contributed by atoms with Crippen LogP contribution in [0.3, 0.4) is 0 Å². The summed E-state index contributed by atoms with van der Waals surface area (Å²) in [7, 11) is 3.62. The highest BCUT2D eigenvalue weighted by Crippen LogP contribution is 2.35. The lowest BCUT2D eigenvalue weighted by molar-refractivity contribution is 0.126. The van der Waals surface area contributed by atoms with Gasteiger partial charge in [-0.1, -0.05) is 24.4 Å². The van der Waals surface area contributed by atoms with Gasteiger partial charge in [-0.15, -0.1) is 0 Å². The van der Waals surface area contributed by atoms with E-state index in [0.717, 1.165) is 18.5 Å². The molecule has 1 aromatic carbocycles. The molecule has 2 rings (SSSR count). The molecule has 0 radical (unpaired) electrons. The van der Waals surface area contributed by atoms with Crippen LogP contribution in [-0.4, -0.2) is 36.8 Å². The number of ether oxygens (including phenoxy) is 1. The second-order valence-electron chi connectivity index (χ2n) is 5.88. The van der Waals surface area contributed by atoms with E-state index in [1.165, 1.54) is 26.4 Å². The summed E-state index contributed by atoms with van der Waals surface area (Å²) in [5.41, 5.74) is 6.70. The zero-order chi connectivity index (χ0) is 15.4. The van der Waals surface area contributed by atoms with Crippen LogP contribution in [0.5, 0.6) is 11.5 Å². The summed E-state index contributed by atoms with van der Waals surface area (Å²) in [5, 5.41) is 10.8. The van der Waals surface area contributed by atoms with Crippen LogP contribution in [0.25, 0.3) is 0 Å². The summed E-state index contributed by atoms with van der Waals surface area (Å²) in [6, 6.07) is 3.90. The standard InChI is InChI=1S/C16H25ClN2O2/c1-19(14-6-4-3-5-11(14)9-18)10-12-7-13(17)8-15(21-2)16(12)20/h7-8,11,14,20H,3-6,9-10,18H2,1-2H3. The van der Waals surface area contributed by atoms with Crippen LogP contribution in [0.15, 0.2) is 12.1 Å².